The summed E-state index contributed by atoms with van der Waals surface area (Å²) in [5.41, 5.74) is 1.26. The summed E-state index contributed by atoms with van der Waals surface area (Å²) >= 11 is 0. The number of aromatic nitrogens is 2. The van der Waals surface area contributed by atoms with Gasteiger partial charge in [0.2, 0.25) is 0 Å². The minimum atomic E-state index is -0.637. The summed E-state index contributed by atoms with van der Waals surface area (Å²) in [7, 11) is 0. The number of nitrogens with one attached hydrogen (secondary N) is 1. The number of para-hydroxylation sites is 1. The zero-order valence-corrected chi connectivity index (χ0v) is 14.2. The van der Waals surface area contributed by atoms with Gasteiger partial charge in [-0.3, -0.25) is 9.59 Å². The maximum atomic E-state index is 12.6. The zero-order chi connectivity index (χ0) is 17.8. The van der Waals surface area contributed by atoms with Crippen LogP contribution in [0.2, 0.25) is 0 Å². The Morgan fingerprint density at radius 1 is 1.12 bits per heavy atom. The molecule has 0 amide bonds. The Labute approximate surface area is 145 Å². The van der Waals surface area contributed by atoms with Gasteiger partial charge in [-0.1, -0.05) is 49.4 Å². The van der Waals surface area contributed by atoms with Crippen molar-refractivity contribution < 1.29 is 9.53 Å². The summed E-state index contributed by atoms with van der Waals surface area (Å²) in [5.74, 6) is -0.312. The lowest BCUT2D eigenvalue weighted by atomic mass is 9.97. The highest BCUT2D eigenvalue weighted by molar-refractivity contribution is 5.79. The molecular formula is C20H20N2O3. The van der Waals surface area contributed by atoms with Crippen LogP contribution in [0.3, 0.4) is 0 Å². The van der Waals surface area contributed by atoms with Crippen molar-refractivity contribution in [2.24, 2.45) is 0 Å². The predicted molar refractivity (Wildman–Crippen MR) is 96.3 cm³/mol. The summed E-state index contributed by atoms with van der Waals surface area (Å²) in [5, 5.41) is 0.514. The highest BCUT2D eigenvalue weighted by Crippen LogP contribution is 2.24. The number of H-pyrrole nitrogens is 1. The van der Waals surface area contributed by atoms with Gasteiger partial charge in [0.05, 0.1) is 16.8 Å². The Morgan fingerprint density at radius 3 is 2.52 bits per heavy atom. The quantitative estimate of drug-likeness (QED) is 0.721. The van der Waals surface area contributed by atoms with Gasteiger partial charge in [-0.2, -0.15) is 0 Å². The van der Waals surface area contributed by atoms with E-state index in [-0.39, 0.29) is 17.4 Å². The number of ether oxygens (including phenoxy) is 1. The van der Waals surface area contributed by atoms with E-state index >= 15 is 0 Å². The number of aromatic amines is 1. The van der Waals surface area contributed by atoms with Gasteiger partial charge in [-0.05, 0) is 31.0 Å². The molecule has 128 valence electrons. The molecule has 0 aliphatic rings. The number of carbonyl (C=O) groups is 1. The lowest BCUT2D eigenvalue weighted by Crippen LogP contribution is -2.21. The van der Waals surface area contributed by atoms with Gasteiger partial charge < -0.3 is 9.72 Å². The van der Waals surface area contributed by atoms with Crippen LogP contribution >= 0.6 is 0 Å². The molecule has 1 aromatic heterocycles. The molecule has 0 radical (unpaired) electrons. The average molecular weight is 336 g/mol. The first-order chi connectivity index (χ1) is 12.1. The smallest absolute Gasteiger partial charge is 0.314 e. The second-order valence-electron chi connectivity index (χ2n) is 5.92. The average Bonchev–Trinajstić information content (AvgIpc) is 2.63. The zero-order valence-electron chi connectivity index (χ0n) is 14.2. The van der Waals surface area contributed by atoms with E-state index in [4.69, 9.17) is 4.74 Å². The molecule has 0 saturated carbocycles. The summed E-state index contributed by atoms with van der Waals surface area (Å²) in [6.45, 7) is 3.66. The number of esters is 1. The van der Waals surface area contributed by atoms with Gasteiger partial charge in [0, 0.05) is 0 Å². The molecular weight excluding hydrogens is 316 g/mol. The Hall–Kier alpha value is -2.95. The number of fused-ring (bicyclic) bond motifs is 1. The van der Waals surface area contributed by atoms with E-state index in [9.17, 15) is 9.59 Å². The lowest BCUT2D eigenvalue weighted by molar-refractivity contribution is -0.151. The van der Waals surface area contributed by atoms with Crippen LogP contribution in [0.25, 0.3) is 10.9 Å². The predicted octanol–water partition coefficient (Wildman–Crippen LogP) is 3.72. The van der Waals surface area contributed by atoms with Crippen molar-refractivity contribution in [3.63, 3.8) is 0 Å². The van der Waals surface area contributed by atoms with Crippen LogP contribution in [0.15, 0.2) is 59.4 Å². The molecule has 0 saturated heterocycles. The van der Waals surface area contributed by atoms with Crippen molar-refractivity contribution in [1.29, 1.82) is 0 Å². The van der Waals surface area contributed by atoms with Crippen LogP contribution in [0.4, 0.5) is 0 Å². The standard InChI is InChI=1S/C20H20N2O3/c1-3-15(14-9-5-4-6-10-14)20(24)25-13(2)18-21-17-12-8-7-11-16(17)19(23)22-18/h4-13,15H,3H2,1-2H3,(H,21,22,23)/t13-,15-/m0/s1. The number of rotatable bonds is 5. The molecule has 0 aliphatic carbocycles. The van der Waals surface area contributed by atoms with Crippen LogP contribution in [-0.2, 0) is 9.53 Å². The van der Waals surface area contributed by atoms with Gasteiger partial charge in [-0.15, -0.1) is 0 Å². The van der Waals surface area contributed by atoms with E-state index in [1.54, 1.807) is 25.1 Å². The molecule has 1 heterocycles. The van der Waals surface area contributed by atoms with E-state index in [0.29, 0.717) is 23.1 Å². The molecule has 0 unspecified atom stereocenters. The normalized spacial score (nSPS) is 13.4. The lowest BCUT2D eigenvalue weighted by Gasteiger charge is -2.18. The monoisotopic (exact) mass is 336 g/mol. The SMILES string of the molecule is CC[C@H](C(=O)O[C@@H](C)c1nc2ccccc2c(=O)[nH]1)c1ccccc1. The summed E-state index contributed by atoms with van der Waals surface area (Å²) in [4.78, 5) is 31.9. The molecule has 0 aliphatic heterocycles. The maximum absolute atomic E-state index is 12.6. The number of carbonyl (C=O) groups excluding carboxylic acids is 1. The van der Waals surface area contributed by atoms with E-state index in [1.807, 2.05) is 43.3 Å². The molecule has 3 aromatic rings. The van der Waals surface area contributed by atoms with E-state index in [1.165, 1.54) is 0 Å². The van der Waals surface area contributed by atoms with Crippen molar-refractivity contribution in [2.45, 2.75) is 32.3 Å². The summed E-state index contributed by atoms with van der Waals surface area (Å²) in [6.07, 6.45) is -0.000365. The van der Waals surface area contributed by atoms with Crippen LogP contribution in [-0.4, -0.2) is 15.9 Å². The maximum Gasteiger partial charge on any atom is 0.314 e. The van der Waals surface area contributed by atoms with Crippen LogP contribution in [0.5, 0.6) is 0 Å². The van der Waals surface area contributed by atoms with Gasteiger partial charge in [0.15, 0.2) is 11.9 Å². The first-order valence-corrected chi connectivity index (χ1v) is 8.34. The minimum Gasteiger partial charge on any atom is -0.454 e. The Balaban J connectivity index is 1.83. The highest BCUT2D eigenvalue weighted by atomic mass is 16.5. The van der Waals surface area contributed by atoms with Crippen molar-refractivity contribution in [3.05, 3.63) is 76.3 Å². The molecule has 0 bridgehead atoms. The second-order valence-corrected chi connectivity index (χ2v) is 5.92. The molecule has 5 heteroatoms. The largest absolute Gasteiger partial charge is 0.454 e. The van der Waals surface area contributed by atoms with Crippen molar-refractivity contribution in [2.75, 3.05) is 0 Å². The Bertz CT molecular complexity index is 934. The number of hydrogen-bond donors (Lipinski definition) is 1. The van der Waals surface area contributed by atoms with Crippen LogP contribution < -0.4 is 5.56 Å². The molecule has 25 heavy (non-hydrogen) atoms. The minimum absolute atomic E-state index is 0.237. The third kappa shape index (κ3) is 3.60. The molecule has 1 N–H and O–H groups in total. The fourth-order valence-corrected chi connectivity index (χ4v) is 2.83. The van der Waals surface area contributed by atoms with Crippen LogP contribution in [0, 0.1) is 0 Å². The topological polar surface area (TPSA) is 72.0 Å². The van der Waals surface area contributed by atoms with Gasteiger partial charge in [0.25, 0.3) is 5.56 Å². The fraction of sp³-hybridized carbons (Fsp3) is 0.250. The molecule has 0 spiro atoms. The molecule has 0 fully saturated rings. The number of nitrogens with zero attached hydrogens (tertiary/aromatic N) is 1. The first-order valence-electron chi connectivity index (χ1n) is 8.34. The van der Waals surface area contributed by atoms with Crippen molar-refractivity contribution >= 4 is 16.9 Å². The second kappa shape index (κ2) is 7.30. The van der Waals surface area contributed by atoms with E-state index in [2.05, 4.69) is 9.97 Å². The Kier molecular flexibility index (Phi) is 4.93. The Morgan fingerprint density at radius 2 is 1.80 bits per heavy atom. The van der Waals surface area contributed by atoms with Crippen molar-refractivity contribution in [3.8, 4) is 0 Å². The number of hydrogen-bond acceptors (Lipinski definition) is 4. The molecule has 2 aromatic carbocycles. The fourth-order valence-electron chi connectivity index (χ4n) is 2.83. The van der Waals surface area contributed by atoms with Crippen molar-refractivity contribution in [1.82, 2.24) is 9.97 Å². The van der Waals surface area contributed by atoms with Gasteiger partial charge >= 0.3 is 5.97 Å². The third-order valence-electron chi connectivity index (χ3n) is 4.20. The molecule has 2 atom stereocenters. The number of benzene rings is 2. The van der Waals surface area contributed by atoms with Gasteiger partial charge in [0.1, 0.15) is 0 Å². The highest BCUT2D eigenvalue weighted by Gasteiger charge is 2.23. The third-order valence-corrected chi connectivity index (χ3v) is 4.20. The molecule has 3 rings (SSSR count). The summed E-state index contributed by atoms with van der Waals surface area (Å²) in [6, 6.07) is 16.6. The van der Waals surface area contributed by atoms with Crippen LogP contribution in [0.1, 0.15) is 43.7 Å². The molecule has 5 nitrogen and oxygen atoms in total. The van der Waals surface area contributed by atoms with Gasteiger partial charge in [-0.25, -0.2) is 4.98 Å². The van der Waals surface area contributed by atoms with E-state index < -0.39 is 6.10 Å². The first kappa shape index (κ1) is 16.9. The van der Waals surface area contributed by atoms with E-state index in [0.717, 1.165) is 5.56 Å². The summed E-state index contributed by atoms with van der Waals surface area (Å²) < 4.78 is 5.58.